The Hall–Kier alpha value is -1.91. The highest BCUT2D eigenvalue weighted by Gasteiger charge is 2.10. The number of halogens is 1. The third kappa shape index (κ3) is 2.32. The molecule has 2 aromatic heterocycles. The molecule has 2 heterocycles. The van der Waals surface area contributed by atoms with Gasteiger partial charge in [-0.15, -0.1) is 11.3 Å². The maximum absolute atomic E-state index is 12.0. The van der Waals surface area contributed by atoms with Crippen LogP contribution >= 0.6 is 22.9 Å². The van der Waals surface area contributed by atoms with Gasteiger partial charge in [0.1, 0.15) is 0 Å². The van der Waals surface area contributed by atoms with E-state index in [-0.39, 0.29) is 5.91 Å². The van der Waals surface area contributed by atoms with Gasteiger partial charge in [0.15, 0.2) is 0 Å². The number of pyridine rings is 1. The highest BCUT2D eigenvalue weighted by atomic mass is 35.5. The van der Waals surface area contributed by atoms with Crippen molar-refractivity contribution in [3.05, 3.63) is 57.9 Å². The Labute approximate surface area is 118 Å². The third-order valence-electron chi connectivity index (χ3n) is 2.71. The first-order valence-corrected chi connectivity index (χ1v) is 6.89. The predicted molar refractivity (Wildman–Crippen MR) is 79.0 cm³/mol. The number of nitrogens with zero attached hydrogens (tertiary/aromatic N) is 1. The van der Waals surface area contributed by atoms with Gasteiger partial charge in [0.05, 0.1) is 21.1 Å². The van der Waals surface area contributed by atoms with Crippen molar-refractivity contribution in [2.24, 2.45) is 0 Å². The molecule has 0 fully saturated rings. The van der Waals surface area contributed by atoms with Crippen molar-refractivity contribution < 1.29 is 4.79 Å². The summed E-state index contributed by atoms with van der Waals surface area (Å²) in [5, 5.41) is 6.17. The molecule has 0 aliphatic carbocycles. The van der Waals surface area contributed by atoms with Crippen molar-refractivity contribution in [1.29, 1.82) is 0 Å². The smallest absolute Gasteiger partial charge is 0.265 e. The highest BCUT2D eigenvalue weighted by Crippen LogP contribution is 2.28. The minimum atomic E-state index is -0.123. The maximum atomic E-state index is 12.0. The Morgan fingerprint density at radius 2 is 2.11 bits per heavy atom. The van der Waals surface area contributed by atoms with Crippen LogP contribution in [0.4, 0.5) is 5.69 Å². The van der Waals surface area contributed by atoms with Crippen LogP contribution in [0.25, 0.3) is 10.9 Å². The van der Waals surface area contributed by atoms with Gasteiger partial charge in [-0.1, -0.05) is 17.7 Å². The molecule has 0 bridgehead atoms. The topological polar surface area (TPSA) is 42.0 Å². The monoisotopic (exact) mass is 288 g/mol. The summed E-state index contributed by atoms with van der Waals surface area (Å²) >= 11 is 7.50. The zero-order chi connectivity index (χ0) is 13.2. The van der Waals surface area contributed by atoms with Crippen molar-refractivity contribution in [1.82, 2.24) is 4.98 Å². The van der Waals surface area contributed by atoms with Gasteiger partial charge >= 0.3 is 0 Å². The fourth-order valence-corrected chi connectivity index (χ4v) is 2.67. The molecule has 5 heteroatoms. The van der Waals surface area contributed by atoms with E-state index in [4.69, 9.17) is 11.6 Å². The average molecular weight is 289 g/mol. The fourth-order valence-electron chi connectivity index (χ4n) is 1.84. The Balaban J connectivity index is 2.02. The number of fused-ring (bicyclic) bond motifs is 1. The van der Waals surface area contributed by atoms with Crippen molar-refractivity contribution in [2.45, 2.75) is 0 Å². The lowest BCUT2D eigenvalue weighted by Gasteiger charge is -2.08. The molecule has 0 aliphatic heterocycles. The maximum Gasteiger partial charge on any atom is 0.265 e. The quantitative estimate of drug-likeness (QED) is 0.768. The molecule has 3 nitrogen and oxygen atoms in total. The second-order valence-electron chi connectivity index (χ2n) is 3.93. The zero-order valence-corrected chi connectivity index (χ0v) is 11.3. The molecule has 0 unspecified atom stereocenters. The molecule has 0 atom stereocenters. The van der Waals surface area contributed by atoms with Gasteiger partial charge in [-0.25, -0.2) is 0 Å². The molecule has 94 valence electrons. The molecule has 0 spiro atoms. The van der Waals surface area contributed by atoms with E-state index >= 15 is 0 Å². The van der Waals surface area contributed by atoms with E-state index in [2.05, 4.69) is 10.3 Å². The number of rotatable bonds is 2. The van der Waals surface area contributed by atoms with Crippen LogP contribution in [0.1, 0.15) is 9.67 Å². The summed E-state index contributed by atoms with van der Waals surface area (Å²) in [4.78, 5) is 17.0. The summed E-state index contributed by atoms with van der Waals surface area (Å²) in [5.74, 6) is -0.123. The molecular weight excluding hydrogens is 280 g/mol. The summed E-state index contributed by atoms with van der Waals surface area (Å²) in [6, 6.07) is 10.9. The molecule has 19 heavy (non-hydrogen) atoms. The van der Waals surface area contributed by atoms with Gasteiger partial charge in [-0.3, -0.25) is 9.78 Å². The zero-order valence-electron chi connectivity index (χ0n) is 9.76. The van der Waals surface area contributed by atoms with E-state index in [1.54, 1.807) is 24.4 Å². The fraction of sp³-hybridized carbons (Fsp3) is 0. The van der Waals surface area contributed by atoms with Gasteiger partial charge in [0.2, 0.25) is 0 Å². The number of carbonyl (C=O) groups is 1. The van der Waals surface area contributed by atoms with Gasteiger partial charge < -0.3 is 5.32 Å². The minimum absolute atomic E-state index is 0.123. The molecule has 0 aliphatic rings. The van der Waals surface area contributed by atoms with Crippen LogP contribution in [0.5, 0.6) is 0 Å². The van der Waals surface area contributed by atoms with E-state index < -0.39 is 0 Å². The largest absolute Gasteiger partial charge is 0.321 e. The number of carbonyl (C=O) groups excluding carboxylic acids is 1. The van der Waals surface area contributed by atoms with E-state index in [1.165, 1.54) is 11.3 Å². The Morgan fingerprint density at radius 3 is 2.89 bits per heavy atom. The molecular formula is C14H9ClN2OS. The standard InChI is InChI=1S/C14H9ClN2OS/c15-10-5-6-11(9-3-1-7-16-13(9)10)17-14(18)12-4-2-8-19-12/h1-8H,(H,17,18). The van der Waals surface area contributed by atoms with Crippen LogP contribution in [0.2, 0.25) is 5.02 Å². The Kier molecular flexibility index (Phi) is 3.19. The van der Waals surface area contributed by atoms with Crippen molar-refractivity contribution >= 4 is 45.4 Å². The van der Waals surface area contributed by atoms with Crippen LogP contribution in [-0.2, 0) is 0 Å². The minimum Gasteiger partial charge on any atom is -0.321 e. The molecule has 0 saturated heterocycles. The van der Waals surface area contributed by atoms with Crippen molar-refractivity contribution in [3.8, 4) is 0 Å². The first kappa shape index (κ1) is 12.1. The van der Waals surface area contributed by atoms with E-state index in [0.717, 1.165) is 5.39 Å². The molecule has 0 saturated carbocycles. The van der Waals surface area contributed by atoms with Crippen molar-refractivity contribution in [2.75, 3.05) is 5.32 Å². The first-order chi connectivity index (χ1) is 9.25. The van der Waals surface area contributed by atoms with Crippen molar-refractivity contribution in [3.63, 3.8) is 0 Å². The molecule has 3 aromatic rings. The number of amides is 1. The SMILES string of the molecule is O=C(Nc1ccc(Cl)c2ncccc12)c1cccs1. The summed E-state index contributed by atoms with van der Waals surface area (Å²) in [6.45, 7) is 0. The van der Waals surface area contributed by atoms with Gasteiger partial charge in [-0.2, -0.15) is 0 Å². The number of benzene rings is 1. The summed E-state index contributed by atoms with van der Waals surface area (Å²) in [6.07, 6.45) is 1.68. The Bertz CT molecular complexity index is 740. The van der Waals surface area contributed by atoms with Gasteiger partial charge in [0, 0.05) is 11.6 Å². The second-order valence-corrected chi connectivity index (χ2v) is 5.28. The summed E-state index contributed by atoms with van der Waals surface area (Å²) in [5.41, 5.74) is 1.40. The number of anilines is 1. The van der Waals surface area contributed by atoms with Crippen LogP contribution in [0, 0.1) is 0 Å². The second kappa shape index (κ2) is 4.99. The third-order valence-corrected chi connectivity index (χ3v) is 3.89. The molecule has 1 aromatic carbocycles. The number of thiophene rings is 1. The van der Waals surface area contributed by atoms with Crippen LogP contribution < -0.4 is 5.32 Å². The lowest BCUT2D eigenvalue weighted by atomic mass is 10.2. The molecule has 1 N–H and O–H groups in total. The summed E-state index contributed by atoms with van der Waals surface area (Å²) in [7, 11) is 0. The normalized spacial score (nSPS) is 10.6. The van der Waals surface area contributed by atoms with E-state index in [9.17, 15) is 4.79 Å². The Morgan fingerprint density at radius 1 is 1.21 bits per heavy atom. The van der Waals surface area contributed by atoms with Crippen LogP contribution in [-0.4, -0.2) is 10.9 Å². The van der Waals surface area contributed by atoms with E-state index in [0.29, 0.717) is 21.1 Å². The summed E-state index contributed by atoms with van der Waals surface area (Å²) < 4.78 is 0. The first-order valence-electron chi connectivity index (χ1n) is 5.64. The molecule has 0 radical (unpaired) electrons. The molecule has 3 rings (SSSR count). The number of hydrogen-bond acceptors (Lipinski definition) is 3. The number of nitrogens with one attached hydrogen (secondary N) is 1. The van der Waals surface area contributed by atoms with Gasteiger partial charge in [-0.05, 0) is 35.7 Å². The van der Waals surface area contributed by atoms with Gasteiger partial charge in [0.25, 0.3) is 5.91 Å². The average Bonchev–Trinajstić information content (AvgIpc) is 2.96. The number of hydrogen-bond donors (Lipinski definition) is 1. The molecule has 1 amide bonds. The van der Waals surface area contributed by atoms with E-state index in [1.807, 2.05) is 23.6 Å². The predicted octanol–water partition coefficient (Wildman–Crippen LogP) is 4.20. The lowest BCUT2D eigenvalue weighted by molar-refractivity contribution is 0.103. The number of aromatic nitrogens is 1. The van der Waals surface area contributed by atoms with Crippen LogP contribution in [0.15, 0.2) is 48.0 Å². The lowest BCUT2D eigenvalue weighted by Crippen LogP contribution is -2.10. The highest BCUT2D eigenvalue weighted by molar-refractivity contribution is 7.12. The van der Waals surface area contributed by atoms with Crippen LogP contribution in [0.3, 0.4) is 0 Å².